The number of rotatable bonds is 16. The molecule has 37 heavy (non-hydrogen) atoms. The highest BCUT2D eigenvalue weighted by Crippen LogP contribution is 2.55. The summed E-state index contributed by atoms with van der Waals surface area (Å²) in [6, 6.07) is 0. The number of nitrogens with zero attached hydrogens (tertiary/aromatic N) is 2. The lowest BCUT2D eigenvalue weighted by Gasteiger charge is -2.38. The van der Waals surface area contributed by atoms with Gasteiger partial charge in [0.1, 0.15) is 0 Å². The van der Waals surface area contributed by atoms with E-state index in [9.17, 15) is 52.7 Å². The molecule has 15 heteroatoms. The van der Waals surface area contributed by atoms with Gasteiger partial charge in [0, 0.05) is 32.6 Å². The molecule has 1 saturated heterocycles. The number of piperazine rings is 1. The predicted octanol–water partition coefficient (Wildman–Crippen LogP) is 6.59. The van der Waals surface area contributed by atoms with E-state index in [2.05, 4.69) is 6.92 Å². The summed E-state index contributed by atoms with van der Waals surface area (Å²) in [5.41, 5.74) is 0. The van der Waals surface area contributed by atoms with Crippen LogP contribution in [0, 0.1) is 0 Å². The zero-order valence-corrected chi connectivity index (χ0v) is 21.6. The number of amides is 1. The van der Waals surface area contributed by atoms with E-state index >= 15 is 0 Å². The van der Waals surface area contributed by atoms with Gasteiger partial charge in [-0.15, -0.1) is 0 Å². The average molecular weight is 579 g/mol. The monoisotopic (exact) mass is 578 g/mol. The van der Waals surface area contributed by atoms with Crippen molar-refractivity contribution >= 4 is 15.9 Å². The average Bonchev–Trinajstić information content (AvgIpc) is 2.81. The van der Waals surface area contributed by atoms with Gasteiger partial charge in [-0.05, 0) is 6.42 Å². The Morgan fingerprint density at radius 1 is 0.649 bits per heavy atom. The molecule has 0 aliphatic carbocycles. The molecule has 0 bridgehead atoms. The van der Waals surface area contributed by atoms with Gasteiger partial charge in [-0.3, -0.25) is 4.79 Å². The van der Waals surface area contributed by atoms with Crippen LogP contribution in [0.15, 0.2) is 0 Å². The molecule has 0 radical (unpaired) electrons. The molecule has 1 fully saturated rings. The summed E-state index contributed by atoms with van der Waals surface area (Å²) >= 11 is 0. The lowest BCUT2D eigenvalue weighted by atomic mass is 10.1. The third-order valence-corrected chi connectivity index (χ3v) is 8.31. The summed E-state index contributed by atoms with van der Waals surface area (Å²) in [6.07, 6.45) is 4.53. The van der Waals surface area contributed by atoms with Gasteiger partial charge in [0.25, 0.3) is 10.0 Å². The first-order valence-electron chi connectivity index (χ1n) is 12.4. The minimum atomic E-state index is -7.30. The first-order valence-corrected chi connectivity index (χ1v) is 13.9. The van der Waals surface area contributed by atoms with E-state index in [1.165, 1.54) is 32.1 Å². The lowest BCUT2D eigenvalue weighted by Crippen LogP contribution is -2.66. The minimum absolute atomic E-state index is 0.0931. The van der Waals surface area contributed by atoms with Crippen molar-refractivity contribution in [2.75, 3.05) is 26.2 Å². The highest BCUT2D eigenvalue weighted by atomic mass is 32.2. The van der Waals surface area contributed by atoms with Gasteiger partial charge < -0.3 is 4.90 Å². The zero-order chi connectivity index (χ0) is 28.5. The van der Waals surface area contributed by atoms with E-state index in [0.717, 1.165) is 37.0 Å². The molecule has 1 rings (SSSR count). The van der Waals surface area contributed by atoms with Gasteiger partial charge in [0.15, 0.2) is 0 Å². The summed E-state index contributed by atoms with van der Waals surface area (Å²) in [7, 11) is -6.62. The van der Waals surface area contributed by atoms with Gasteiger partial charge in [0.05, 0.1) is 0 Å². The quantitative estimate of drug-likeness (QED) is 0.154. The van der Waals surface area contributed by atoms with Crippen LogP contribution in [-0.2, 0) is 14.8 Å². The van der Waals surface area contributed by atoms with Gasteiger partial charge in [-0.1, -0.05) is 71.1 Å². The molecule has 1 amide bonds. The highest BCUT2D eigenvalue weighted by Gasteiger charge is 2.85. The van der Waals surface area contributed by atoms with Crippen LogP contribution in [0.5, 0.6) is 0 Å². The maximum atomic E-state index is 14.0. The van der Waals surface area contributed by atoms with E-state index in [1.54, 1.807) is 0 Å². The highest BCUT2D eigenvalue weighted by molar-refractivity contribution is 7.90. The molecule has 1 aliphatic heterocycles. The number of hydrogen-bond acceptors (Lipinski definition) is 3. The normalized spacial score (nSPS) is 16.9. The largest absolute Gasteiger partial charge is 0.460 e. The van der Waals surface area contributed by atoms with Gasteiger partial charge >= 0.3 is 23.3 Å². The van der Waals surface area contributed by atoms with Gasteiger partial charge in [-0.2, -0.15) is 43.8 Å². The smallest absolute Gasteiger partial charge is 0.340 e. The van der Waals surface area contributed by atoms with Crippen LogP contribution in [0.3, 0.4) is 0 Å². The lowest BCUT2D eigenvalue weighted by molar-refractivity contribution is -0.382. The van der Waals surface area contributed by atoms with Crippen molar-refractivity contribution in [1.82, 2.24) is 9.21 Å². The second-order valence-corrected chi connectivity index (χ2v) is 11.2. The maximum absolute atomic E-state index is 14.0. The molecule has 0 aromatic heterocycles. The summed E-state index contributed by atoms with van der Waals surface area (Å²) in [6.45, 7) is -0.732. The Kier molecular flexibility index (Phi) is 12.5. The van der Waals surface area contributed by atoms with Crippen LogP contribution in [0.4, 0.5) is 39.5 Å². The Morgan fingerprint density at radius 3 is 1.46 bits per heavy atom. The molecule has 0 aromatic carbocycles. The van der Waals surface area contributed by atoms with Crippen molar-refractivity contribution in [3.8, 4) is 0 Å². The standard InChI is InChI=1S/C22H35F9N2O3S/c1-2-3-4-5-6-7-8-9-10-11-12-13-18(34)32-14-16-33(17-15-32)37(35,36)22(30,31)20(25,26)19(23,24)21(27,28)29/h2-17H2,1H3. The van der Waals surface area contributed by atoms with Crippen LogP contribution in [0.2, 0.25) is 0 Å². The van der Waals surface area contributed by atoms with Crippen LogP contribution >= 0.6 is 0 Å². The number of hydrogen-bond donors (Lipinski definition) is 0. The van der Waals surface area contributed by atoms with Crippen LogP contribution in [-0.4, -0.2) is 73.0 Å². The van der Waals surface area contributed by atoms with E-state index in [1.807, 2.05) is 0 Å². The zero-order valence-electron chi connectivity index (χ0n) is 20.7. The molecule has 5 nitrogen and oxygen atoms in total. The summed E-state index contributed by atoms with van der Waals surface area (Å²) in [5.74, 6) is -15.0. The van der Waals surface area contributed by atoms with Crippen LogP contribution in [0.25, 0.3) is 0 Å². The minimum Gasteiger partial charge on any atom is -0.340 e. The number of halogens is 9. The number of sulfonamides is 1. The summed E-state index contributed by atoms with van der Waals surface area (Å²) < 4.78 is 142. The van der Waals surface area contributed by atoms with Crippen LogP contribution < -0.4 is 0 Å². The molecule has 0 unspecified atom stereocenters. The fourth-order valence-corrected chi connectivity index (χ4v) is 5.38. The molecular formula is C22H35F9N2O3S. The van der Waals surface area contributed by atoms with E-state index < -0.39 is 65.4 Å². The van der Waals surface area contributed by atoms with Crippen molar-refractivity contribution in [2.24, 2.45) is 0 Å². The second kappa shape index (κ2) is 13.7. The molecule has 220 valence electrons. The Balaban J connectivity index is 2.50. The Bertz CT molecular complexity index is 813. The fourth-order valence-electron chi connectivity index (χ4n) is 3.96. The van der Waals surface area contributed by atoms with Crippen molar-refractivity contribution in [3.05, 3.63) is 0 Å². The second-order valence-electron chi connectivity index (χ2n) is 9.23. The Morgan fingerprint density at radius 2 is 1.05 bits per heavy atom. The summed E-state index contributed by atoms with van der Waals surface area (Å²) in [5, 5.41) is -6.75. The van der Waals surface area contributed by atoms with Crippen molar-refractivity contribution in [3.63, 3.8) is 0 Å². The van der Waals surface area contributed by atoms with Crippen molar-refractivity contribution in [2.45, 2.75) is 107 Å². The fraction of sp³-hybridized carbons (Fsp3) is 0.955. The number of alkyl halides is 9. The topological polar surface area (TPSA) is 57.7 Å². The third kappa shape index (κ3) is 8.12. The predicted molar refractivity (Wildman–Crippen MR) is 119 cm³/mol. The SMILES string of the molecule is CCCCCCCCCCCCCC(=O)N1CCN(S(=O)(=O)C(F)(F)C(F)(F)C(F)(F)C(F)(F)F)CC1. The first kappa shape index (κ1) is 33.8. The van der Waals surface area contributed by atoms with Gasteiger partial charge in [0.2, 0.25) is 5.91 Å². The molecule has 0 N–H and O–H groups in total. The first-order chi connectivity index (χ1) is 16.9. The maximum Gasteiger partial charge on any atom is 0.460 e. The molecule has 1 heterocycles. The van der Waals surface area contributed by atoms with E-state index in [4.69, 9.17) is 0 Å². The Hall–Kier alpha value is -1.25. The molecular weight excluding hydrogens is 543 g/mol. The van der Waals surface area contributed by atoms with Crippen LogP contribution in [0.1, 0.15) is 84.0 Å². The van der Waals surface area contributed by atoms with E-state index in [0.29, 0.717) is 6.42 Å². The Labute approximate surface area is 211 Å². The third-order valence-electron chi connectivity index (χ3n) is 6.37. The van der Waals surface area contributed by atoms with Crippen molar-refractivity contribution < 1.29 is 52.7 Å². The van der Waals surface area contributed by atoms with E-state index in [-0.39, 0.29) is 10.7 Å². The number of carbonyl (C=O) groups is 1. The molecule has 0 spiro atoms. The molecule has 1 aliphatic rings. The summed E-state index contributed by atoms with van der Waals surface area (Å²) in [4.78, 5) is 13.4. The number of unbranched alkanes of at least 4 members (excludes halogenated alkanes) is 10. The number of carbonyl (C=O) groups excluding carboxylic acids is 1. The van der Waals surface area contributed by atoms with Gasteiger partial charge in [-0.25, -0.2) is 8.42 Å². The molecule has 0 aromatic rings. The molecule has 0 saturated carbocycles. The van der Waals surface area contributed by atoms with Crippen molar-refractivity contribution in [1.29, 1.82) is 0 Å². The molecule has 0 atom stereocenters.